The Morgan fingerprint density at radius 2 is 1.95 bits per heavy atom. The van der Waals surface area contributed by atoms with Gasteiger partial charge >= 0.3 is 5.69 Å². The Morgan fingerprint density at radius 3 is 2.77 bits per heavy atom. The predicted molar refractivity (Wildman–Crippen MR) is 88.0 cm³/mol. The Morgan fingerprint density at radius 1 is 1.14 bits per heavy atom. The van der Waals surface area contributed by atoms with E-state index < -0.39 is 0 Å². The zero-order valence-electron chi connectivity index (χ0n) is 13.0. The first kappa shape index (κ1) is 16.3. The van der Waals surface area contributed by atoms with Gasteiger partial charge in [0.2, 0.25) is 5.91 Å². The van der Waals surface area contributed by atoms with Crippen molar-refractivity contribution in [3.05, 3.63) is 34.2 Å². The van der Waals surface area contributed by atoms with Crippen LogP contribution < -0.4 is 16.3 Å². The molecule has 0 aliphatic rings. The van der Waals surface area contributed by atoms with Crippen LogP contribution in [-0.4, -0.2) is 35.5 Å². The van der Waals surface area contributed by atoms with Gasteiger partial charge in [-0.25, -0.2) is 4.79 Å². The first-order chi connectivity index (χ1) is 10.7. The number of H-pyrrole nitrogens is 2. The molecule has 0 radical (unpaired) electrons. The van der Waals surface area contributed by atoms with E-state index in [4.69, 9.17) is 0 Å². The molecule has 0 aliphatic heterocycles. The summed E-state index contributed by atoms with van der Waals surface area (Å²) in [4.78, 5) is 28.4. The Kier molecular flexibility index (Phi) is 6.21. The Balaban J connectivity index is 1.68. The fraction of sp³-hybridized carbons (Fsp3) is 0.500. The first-order valence-electron chi connectivity index (χ1n) is 7.87. The van der Waals surface area contributed by atoms with E-state index in [9.17, 15) is 9.59 Å². The molecule has 6 heteroatoms. The summed E-state index contributed by atoms with van der Waals surface area (Å²) in [5.74, 6) is 0.0921. The van der Waals surface area contributed by atoms with E-state index >= 15 is 0 Å². The number of imidazole rings is 1. The fourth-order valence-electron chi connectivity index (χ4n) is 2.37. The molecule has 2 rings (SSSR count). The van der Waals surface area contributed by atoms with Crippen LogP contribution in [-0.2, 0) is 11.2 Å². The minimum absolute atomic E-state index is 0.0921. The molecule has 0 unspecified atom stereocenters. The van der Waals surface area contributed by atoms with Gasteiger partial charge in [-0.05, 0) is 43.5 Å². The number of hydrogen-bond donors (Lipinski definition) is 4. The molecule has 1 aromatic carbocycles. The number of benzene rings is 1. The summed E-state index contributed by atoms with van der Waals surface area (Å²) < 4.78 is 0. The molecule has 4 N–H and O–H groups in total. The van der Waals surface area contributed by atoms with Crippen LogP contribution in [0.4, 0.5) is 0 Å². The lowest BCUT2D eigenvalue weighted by molar-refractivity contribution is -0.121. The highest BCUT2D eigenvalue weighted by Crippen LogP contribution is 2.12. The van der Waals surface area contributed by atoms with Crippen molar-refractivity contribution in [3.8, 4) is 0 Å². The quantitative estimate of drug-likeness (QED) is 0.526. The maximum atomic E-state index is 11.7. The van der Waals surface area contributed by atoms with Crippen molar-refractivity contribution in [2.24, 2.45) is 0 Å². The summed E-state index contributed by atoms with van der Waals surface area (Å²) in [6.07, 6.45) is 3.25. The van der Waals surface area contributed by atoms with Crippen molar-refractivity contribution in [3.63, 3.8) is 0 Å². The Bertz CT molecular complexity index is 659. The largest absolute Gasteiger partial charge is 0.355 e. The van der Waals surface area contributed by atoms with Crippen LogP contribution >= 0.6 is 0 Å². The molecule has 0 bridgehead atoms. The number of nitrogens with one attached hydrogen (secondary N) is 4. The first-order valence-corrected chi connectivity index (χ1v) is 7.87. The van der Waals surface area contributed by atoms with E-state index in [2.05, 4.69) is 27.5 Å². The second-order valence-corrected chi connectivity index (χ2v) is 5.41. The molecule has 0 spiro atoms. The van der Waals surface area contributed by atoms with Gasteiger partial charge in [0, 0.05) is 19.5 Å². The van der Waals surface area contributed by atoms with Gasteiger partial charge in [-0.1, -0.05) is 13.0 Å². The molecule has 2 aromatic rings. The van der Waals surface area contributed by atoms with Crippen molar-refractivity contribution in [2.45, 2.75) is 32.6 Å². The SMILES string of the molecule is CCCNCCNC(=O)CCCc1ccc2[nH]c(=O)[nH]c2c1. The van der Waals surface area contributed by atoms with E-state index in [0.717, 1.165) is 48.9 Å². The minimum atomic E-state index is -0.191. The molecule has 0 atom stereocenters. The van der Waals surface area contributed by atoms with Gasteiger partial charge in [0.1, 0.15) is 0 Å². The maximum Gasteiger partial charge on any atom is 0.323 e. The fourth-order valence-corrected chi connectivity index (χ4v) is 2.37. The van der Waals surface area contributed by atoms with Crippen molar-refractivity contribution in [1.29, 1.82) is 0 Å². The summed E-state index contributed by atoms with van der Waals surface area (Å²) in [7, 11) is 0. The van der Waals surface area contributed by atoms with E-state index in [1.54, 1.807) is 0 Å². The molecule has 22 heavy (non-hydrogen) atoms. The summed E-state index contributed by atoms with van der Waals surface area (Å²) in [5, 5.41) is 6.15. The van der Waals surface area contributed by atoms with Crippen LogP contribution in [0.2, 0.25) is 0 Å². The molecule has 0 saturated heterocycles. The molecular weight excluding hydrogens is 280 g/mol. The van der Waals surface area contributed by atoms with Crippen LogP contribution in [0.25, 0.3) is 11.0 Å². The number of fused-ring (bicyclic) bond motifs is 1. The zero-order valence-corrected chi connectivity index (χ0v) is 13.0. The Labute approximate surface area is 129 Å². The smallest absolute Gasteiger partial charge is 0.323 e. The van der Waals surface area contributed by atoms with E-state index in [-0.39, 0.29) is 11.6 Å². The van der Waals surface area contributed by atoms with Gasteiger partial charge in [0.15, 0.2) is 0 Å². The van der Waals surface area contributed by atoms with Gasteiger partial charge < -0.3 is 20.6 Å². The molecule has 120 valence electrons. The maximum absolute atomic E-state index is 11.7. The Hall–Kier alpha value is -2.08. The number of rotatable bonds is 9. The second kappa shape index (κ2) is 8.38. The molecule has 0 fully saturated rings. The standard InChI is InChI=1S/C16H24N4O2/c1-2-8-17-9-10-18-15(21)5-3-4-12-6-7-13-14(11-12)20-16(22)19-13/h6-7,11,17H,2-5,8-10H2,1H3,(H,18,21)(H2,19,20,22). The van der Waals surface area contributed by atoms with Crippen LogP contribution in [0, 0.1) is 0 Å². The van der Waals surface area contributed by atoms with Crippen molar-refractivity contribution < 1.29 is 4.79 Å². The summed E-state index contributed by atoms with van der Waals surface area (Å²) in [6, 6.07) is 5.83. The van der Waals surface area contributed by atoms with Gasteiger partial charge in [-0.2, -0.15) is 0 Å². The zero-order chi connectivity index (χ0) is 15.8. The number of aromatic nitrogens is 2. The third-order valence-corrected chi connectivity index (χ3v) is 3.50. The highest BCUT2D eigenvalue weighted by atomic mass is 16.1. The summed E-state index contributed by atoms with van der Waals surface area (Å²) in [5.41, 5.74) is 2.56. The van der Waals surface area contributed by atoms with Crippen molar-refractivity contribution in [2.75, 3.05) is 19.6 Å². The van der Waals surface area contributed by atoms with E-state index in [1.165, 1.54) is 0 Å². The number of aromatic amines is 2. The van der Waals surface area contributed by atoms with Crippen LogP contribution in [0.3, 0.4) is 0 Å². The molecule has 1 aromatic heterocycles. The minimum Gasteiger partial charge on any atom is -0.355 e. The van der Waals surface area contributed by atoms with Crippen molar-refractivity contribution >= 4 is 16.9 Å². The topological polar surface area (TPSA) is 89.8 Å². The monoisotopic (exact) mass is 304 g/mol. The van der Waals surface area contributed by atoms with Crippen LogP contribution in [0.1, 0.15) is 31.7 Å². The number of aryl methyl sites for hydroxylation is 1. The van der Waals surface area contributed by atoms with Gasteiger partial charge in [-0.3, -0.25) is 4.79 Å². The third kappa shape index (κ3) is 5.04. The molecule has 1 amide bonds. The molecule has 1 heterocycles. The number of amides is 1. The molecule has 0 saturated carbocycles. The normalized spacial score (nSPS) is 11.0. The number of carbonyl (C=O) groups excluding carboxylic acids is 1. The van der Waals surface area contributed by atoms with Crippen LogP contribution in [0.5, 0.6) is 0 Å². The van der Waals surface area contributed by atoms with Gasteiger partial charge in [-0.15, -0.1) is 0 Å². The summed E-state index contributed by atoms with van der Waals surface area (Å²) >= 11 is 0. The lowest BCUT2D eigenvalue weighted by atomic mass is 10.1. The third-order valence-electron chi connectivity index (χ3n) is 3.50. The average Bonchev–Trinajstić information content (AvgIpc) is 2.86. The van der Waals surface area contributed by atoms with Crippen LogP contribution in [0.15, 0.2) is 23.0 Å². The average molecular weight is 304 g/mol. The highest BCUT2D eigenvalue weighted by Gasteiger charge is 2.03. The highest BCUT2D eigenvalue weighted by molar-refractivity contribution is 5.76. The predicted octanol–water partition coefficient (Wildman–Crippen LogP) is 1.29. The molecular formula is C16H24N4O2. The number of carbonyl (C=O) groups is 1. The number of hydrogen-bond acceptors (Lipinski definition) is 3. The second-order valence-electron chi connectivity index (χ2n) is 5.41. The van der Waals surface area contributed by atoms with Gasteiger partial charge in [0.05, 0.1) is 11.0 Å². The molecule has 6 nitrogen and oxygen atoms in total. The van der Waals surface area contributed by atoms with Crippen molar-refractivity contribution in [1.82, 2.24) is 20.6 Å². The lowest BCUT2D eigenvalue weighted by Crippen LogP contribution is -2.31. The lowest BCUT2D eigenvalue weighted by Gasteiger charge is -2.06. The van der Waals surface area contributed by atoms with Gasteiger partial charge in [0.25, 0.3) is 0 Å². The van der Waals surface area contributed by atoms with E-state index in [1.807, 2.05) is 18.2 Å². The summed E-state index contributed by atoms with van der Waals surface area (Å²) in [6.45, 7) is 4.60. The van der Waals surface area contributed by atoms with E-state index in [0.29, 0.717) is 13.0 Å². The molecule has 0 aliphatic carbocycles.